The molecular formula is C10H15ClN6OS. The SMILES string of the molecule is COCCn1ncc(Cl)c1C(NN)c1snnc1C. The average molecular weight is 303 g/mol. The molecule has 1 atom stereocenters. The molecule has 104 valence electrons. The summed E-state index contributed by atoms with van der Waals surface area (Å²) < 4.78 is 10.8. The number of halogens is 1. The fourth-order valence-corrected chi connectivity index (χ4v) is 2.76. The van der Waals surface area contributed by atoms with Gasteiger partial charge in [-0.15, -0.1) is 5.10 Å². The number of nitrogens with two attached hydrogens (primary N) is 1. The summed E-state index contributed by atoms with van der Waals surface area (Å²) in [6.07, 6.45) is 1.60. The van der Waals surface area contributed by atoms with Gasteiger partial charge in [0.15, 0.2) is 0 Å². The van der Waals surface area contributed by atoms with Crippen molar-refractivity contribution in [2.24, 2.45) is 5.84 Å². The van der Waals surface area contributed by atoms with Gasteiger partial charge in [0, 0.05) is 7.11 Å². The summed E-state index contributed by atoms with van der Waals surface area (Å²) in [6, 6.07) is -0.285. The Morgan fingerprint density at radius 2 is 2.42 bits per heavy atom. The lowest BCUT2D eigenvalue weighted by Crippen LogP contribution is -2.31. The molecule has 0 amide bonds. The molecule has 0 spiro atoms. The maximum absolute atomic E-state index is 6.21. The van der Waals surface area contributed by atoms with Gasteiger partial charge in [0.2, 0.25) is 0 Å². The highest BCUT2D eigenvalue weighted by atomic mass is 35.5. The molecule has 2 aromatic rings. The van der Waals surface area contributed by atoms with Crippen LogP contribution in [0.1, 0.15) is 22.3 Å². The molecule has 3 N–H and O–H groups in total. The Kier molecular flexibility index (Phi) is 4.83. The zero-order valence-corrected chi connectivity index (χ0v) is 12.2. The van der Waals surface area contributed by atoms with Crippen LogP contribution in [0.15, 0.2) is 6.20 Å². The third kappa shape index (κ3) is 2.93. The van der Waals surface area contributed by atoms with Crippen molar-refractivity contribution >= 4 is 23.1 Å². The van der Waals surface area contributed by atoms with Gasteiger partial charge in [-0.25, -0.2) is 5.43 Å². The predicted octanol–water partition coefficient (Wildman–Crippen LogP) is 0.896. The first-order valence-corrected chi connectivity index (χ1v) is 6.79. The van der Waals surface area contributed by atoms with Gasteiger partial charge >= 0.3 is 0 Å². The minimum atomic E-state index is -0.285. The van der Waals surface area contributed by atoms with E-state index < -0.39 is 0 Å². The number of ether oxygens (including phenoxy) is 1. The van der Waals surface area contributed by atoms with Crippen molar-refractivity contribution in [3.05, 3.63) is 27.5 Å². The van der Waals surface area contributed by atoms with Crippen LogP contribution in [0.25, 0.3) is 0 Å². The second-order valence-corrected chi connectivity index (χ2v) is 5.11. The van der Waals surface area contributed by atoms with E-state index in [-0.39, 0.29) is 6.04 Å². The summed E-state index contributed by atoms with van der Waals surface area (Å²) >= 11 is 7.50. The monoisotopic (exact) mass is 302 g/mol. The average Bonchev–Trinajstić information content (AvgIpc) is 2.97. The zero-order valence-electron chi connectivity index (χ0n) is 10.6. The molecule has 19 heavy (non-hydrogen) atoms. The lowest BCUT2D eigenvalue weighted by molar-refractivity contribution is 0.182. The number of aryl methyl sites for hydroxylation is 1. The van der Waals surface area contributed by atoms with E-state index in [1.165, 1.54) is 11.5 Å². The topological polar surface area (TPSA) is 90.9 Å². The van der Waals surface area contributed by atoms with Gasteiger partial charge in [0.25, 0.3) is 0 Å². The number of rotatable bonds is 6. The van der Waals surface area contributed by atoms with Crippen LogP contribution in [0.5, 0.6) is 0 Å². The molecule has 0 saturated carbocycles. The molecule has 0 saturated heterocycles. The third-order valence-electron chi connectivity index (χ3n) is 2.73. The van der Waals surface area contributed by atoms with Gasteiger partial charge in [-0.3, -0.25) is 10.5 Å². The second kappa shape index (κ2) is 6.40. The smallest absolute Gasteiger partial charge is 0.102 e. The standard InChI is InChI=1S/C10H15ClN6OS/c1-6-10(19-16-15-6)8(14-12)9-7(11)5-13-17(9)3-4-18-2/h5,8,14H,3-4,12H2,1-2H3. The summed E-state index contributed by atoms with van der Waals surface area (Å²) in [4.78, 5) is 0.920. The Morgan fingerprint density at radius 1 is 1.63 bits per heavy atom. The number of nitrogens with one attached hydrogen (secondary N) is 1. The molecule has 9 heteroatoms. The van der Waals surface area contributed by atoms with E-state index in [9.17, 15) is 0 Å². The Balaban J connectivity index is 2.38. The fourth-order valence-electron chi connectivity index (χ4n) is 1.80. The molecule has 2 rings (SSSR count). The van der Waals surface area contributed by atoms with E-state index in [4.69, 9.17) is 22.2 Å². The maximum Gasteiger partial charge on any atom is 0.102 e. The molecule has 0 radical (unpaired) electrons. The largest absolute Gasteiger partial charge is 0.383 e. The van der Waals surface area contributed by atoms with E-state index >= 15 is 0 Å². The molecule has 0 aromatic carbocycles. The van der Waals surface area contributed by atoms with Crippen LogP contribution in [0.4, 0.5) is 0 Å². The minimum Gasteiger partial charge on any atom is -0.383 e. The van der Waals surface area contributed by atoms with Gasteiger partial charge in [-0.05, 0) is 18.5 Å². The van der Waals surface area contributed by atoms with Crippen molar-refractivity contribution < 1.29 is 4.74 Å². The molecule has 7 nitrogen and oxygen atoms in total. The molecule has 0 fully saturated rings. The van der Waals surface area contributed by atoms with Crippen molar-refractivity contribution in [3.63, 3.8) is 0 Å². The molecule has 0 bridgehead atoms. The molecule has 0 aliphatic carbocycles. The van der Waals surface area contributed by atoms with E-state index in [0.717, 1.165) is 16.3 Å². The van der Waals surface area contributed by atoms with Crippen molar-refractivity contribution in [1.29, 1.82) is 0 Å². The number of hydrogen-bond donors (Lipinski definition) is 2. The van der Waals surface area contributed by atoms with E-state index in [1.54, 1.807) is 18.0 Å². The van der Waals surface area contributed by atoms with Crippen LogP contribution in [0, 0.1) is 6.92 Å². The minimum absolute atomic E-state index is 0.285. The second-order valence-electron chi connectivity index (χ2n) is 3.92. The predicted molar refractivity (Wildman–Crippen MR) is 72.9 cm³/mol. The first kappa shape index (κ1) is 14.4. The molecular weight excluding hydrogens is 288 g/mol. The van der Waals surface area contributed by atoms with Crippen LogP contribution in [0.3, 0.4) is 0 Å². The normalized spacial score (nSPS) is 12.8. The molecule has 0 aliphatic heterocycles. The lowest BCUT2D eigenvalue weighted by atomic mass is 10.1. The van der Waals surface area contributed by atoms with Crippen molar-refractivity contribution in [1.82, 2.24) is 24.8 Å². The van der Waals surface area contributed by atoms with Crippen LogP contribution < -0.4 is 11.3 Å². The highest BCUT2D eigenvalue weighted by Crippen LogP contribution is 2.30. The third-order valence-corrected chi connectivity index (χ3v) is 3.91. The summed E-state index contributed by atoms with van der Waals surface area (Å²) in [7, 11) is 1.64. The van der Waals surface area contributed by atoms with Crippen LogP contribution in [-0.2, 0) is 11.3 Å². The quantitative estimate of drug-likeness (QED) is 0.608. The van der Waals surface area contributed by atoms with Crippen LogP contribution in [-0.4, -0.2) is 33.1 Å². The molecule has 2 heterocycles. The molecule has 2 aromatic heterocycles. The summed E-state index contributed by atoms with van der Waals surface area (Å²) in [5, 5.41) is 8.78. The maximum atomic E-state index is 6.21. The van der Waals surface area contributed by atoms with E-state index in [0.29, 0.717) is 18.2 Å². The molecule has 1 unspecified atom stereocenters. The van der Waals surface area contributed by atoms with E-state index in [1.807, 2.05) is 6.92 Å². The van der Waals surface area contributed by atoms with Gasteiger partial charge in [0.1, 0.15) is 6.04 Å². The summed E-state index contributed by atoms with van der Waals surface area (Å²) in [5.74, 6) is 5.66. The van der Waals surface area contributed by atoms with Crippen molar-refractivity contribution in [2.45, 2.75) is 19.5 Å². The fraction of sp³-hybridized carbons (Fsp3) is 0.500. The van der Waals surface area contributed by atoms with Gasteiger partial charge in [0.05, 0.1) is 40.6 Å². The number of aromatic nitrogens is 4. The van der Waals surface area contributed by atoms with Gasteiger partial charge in [-0.1, -0.05) is 16.1 Å². The van der Waals surface area contributed by atoms with Crippen LogP contribution >= 0.6 is 23.1 Å². The van der Waals surface area contributed by atoms with Gasteiger partial charge < -0.3 is 4.74 Å². The highest BCUT2D eigenvalue weighted by molar-refractivity contribution is 7.05. The van der Waals surface area contributed by atoms with Gasteiger partial charge in [-0.2, -0.15) is 5.10 Å². The van der Waals surface area contributed by atoms with E-state index in [2.05, 4.69) is 20.1 Å². The molecule has 0 aliphatic rings. The first-order chi connectivity index (χ1) is 9.19. The highest BCUT2D eigenvalue weighted by Gasteiger charge is 2.24. The Bertz CT molecular complexity index is 542. The number of hydrazine groups is 1. The Hall–Kier alpha value is -1.06. The number of hydrogen-bond acceptors (Lipinski definition) is 7. The zero-order chi connectivity index (χ0) is 13.8. The van der Waals surface area contributed by atoms with Crippen molar-refractivity contribution in [2.75, 3.05) is 13.7 Å². The Morgan fingerprint density at radius 3 is 3.00 bits per heavy atom. The lowest BCUT2D eigenvalue weighted by Gasteiger charge is -2.17. The summed E-state index contributed by atoms with van der Waals surface area (Å²) in [6.45, 7) is 3.02. The number of methoxy groups -OCH3 is 1. The van der Waals surface area contributed by atoms with Crippen molar-refractivity contribution in [3.8, 4) is 0 Å². The Labute approximate surface area is 119 Å². The van der Waals surface area contributed by atoms with Crippen LogP contribution in [0.2, 0.25) is 5.02 Å². The first-order valence-electron chi connectivity index (χ1n) is 5.64. The number of nitrogens with zero attached hydrogens (tertiary/aromatic N) is 4. The summed E-state index contributed by atoms with van der Waals surface area (Å²) in [5.41, 5.74) is 4.36.